The Bertz CT molecular complexity index is 584. The molecule has 0 bridgehead atoms. The average molecular weight is 362 g/mol. The number of anilines is 1. The van der Waals surface area contributed by atoms with Gasteiger partial charge in [-0.15, -0.1) is 0 Å². The highest BCUT2D eigenvalue weighted by atomic mass is 16.5. The van der Waals surface area contributed by atoms with Gasteiger partial charge in [0.1, 0.15) is 5.82 Å². The SMILES string of the molecule is CC(C)[C@H](C(=O)NCCC(=O)Nc1ccccn1)N1C[C@@H](C)O[C@@H](C)C1. The van der Waals surface area contributed by atoms with Gasteiger partial charge in [0, 0.05) is 32.3 Å². The zero-order valence-electron chi connectivity index (χ0n) is 16.1. The number of morpholine rings is 1. The summed E-state index contributed by atoms with van der Waals surface area (Å²) < 4.78 is 5.76. The van der Waals surface area contributed by atoms with Crippen molar-refractivity contribution in [2.24, 2.45) is 5.92 Å². The summed E-state index contributed by atoms with van der Waals surface area (Å²) in [5.41, 5.74) is 0. The average Bonchev–Trinajstić information content (AvgIpc) is 2.54. The van der Waals surface area contributed by atoms with E-state index < -0.39 is 0 Å². The Kier molecular flexibility index (Phi) is 7.53. The van der Waals surface area contributed by atoms with Crippen LogP contribution >= 0.6 is 0 Å². The van der Waals surface area contributed by atoms with Gasteiger partial charge in [0.25, 0.3) is 0 Å². The van der Waals surface area contributed by atoms with Crippen LogP contribution < -0.4 is 10.6 Å². The maximum atomic E-state index is 12.7. The summed E-state index contributed by atoms with van der Waals surface area (Å²) in [6.45, 7) is 9.92. The first-order valence-electron chi connectivity index (χ1n) is 9.25. The molecule has 144 valence electrons. The van der Waals surface area contributed by atoms with E-state index in [1.54, 1.807) is 18.3 Å². The molecule has 0 unspecified atom stereocenters. The number of pyridine rings is 1. The Hall–Kier alpha value is -1.99. The number of amides is 2. The first-order valence-corrected chi connectivity index (χ1v) is 9.25. The minimum atomic E-state index is -0.220. The molecule has 2 amide bonds. The van der Waals surface area contributed by atoms with Gasteiger partial charge in [-0.3, -0.25) is 14.5 Å². The third-order valence-corrected chi connectivity index (χ3v) is 4.33. The Balaban J connectivity index is 1.83. The highest BCUT2D eigenvalue weighted by Crippen LogP contribution is 2.18. The second-order valence-electron chi connectivity index (χ2n) is 7.20. The lowest BCUT2D eigenvalue weighted by molar-refractivity contribution is -0.135. The number of rotatable bonds is 7. The van der Waals surface area contributed by atoms with E-state index in [1.165, 1.54) is 0 Å². The van der Waals surface area contributed by atoms with Gasteiger partial charge in [0.2, 0.25) is 11.8 Å². The maximum Gasteiger partial charge on any atom is 0.237 e. The van der Waals surface area contributed by atoms with Crippen molar-refractivity contribution in [3.8, 4) is 0 Å². The van der Waals surface area contributed by atoms with E-state index in [1.807, 2.05) is 33.8 Å². The molecular formula is C19H30N4O3. The first kappa shape index (κ1) is 20.3. The van der Waals surface area contributed by atoms with E-state index in [0.29, 0.717) is 12.4 Å². The third-order valence-electron chi connectivity index (χ3n) is 4.33. The predicted octanol–water partition coefficient (Wildman–Crippen LogP) is 1.66. The number of carbonyl (C=O) groups is 2. The lowest BCUT2D eigenvalue weighted by Crippen LogP contribution is -2.57. The van der Waals surface area contributed by atoms with Crippen LogP contribution in [-0.4, -0.2) is 59.6 Å². The minimum absolute atomic E-state index is 0.0352. The fourth-order valence-electron chi connectivity index (χ4n) is 3.38. The second kappa shape index (κ2) is 9.64. The Morgan fingerprint density at radius 2 is 1.96 bits per heavy atom. The van der Waals surface area contributed by atoms with Crippen molar-refractivity contribution < 1.29 is 14.3 Å². The van der Waals surface area contributed by atoms with Crippen LogP contribution in [0.5, 0.6) is 0 Å². The monoisotopic (exact) mass is 362 g/mol. The van der Waals surface area contributed by atoms with Crippen LogP contribution in [0.4, 0.5) is 5.82 Å². The van der Waals surface area contributed by atoms with Gasteiger partial charge in [-0.2, -0.15) is 0 Å². The van der Waals surface area contributed by atoms with Crippen LogP contribution in [0.25, 0.3) is 0 Å². The van der Waals surface area contributed by atoms with Crippen LogP contribution in [0.2, 0.25) is 0 Å². The van der Waals surface area contributed by atoms with Gasteiger partial charge in [-0.1, -0.05) is 19.9 Å². The molecule has 0 spiro atoms. The topological polar surface area (TPSA) is 83.6 Å². The summed E-state index contributed by atoms with van der Waals surface area (Å²) in [7, 11) is 0. The molecule has 7 heteroatoms. The highest BCUT2D eigenvalue weighted by Gasteiger charge is 2.33. The molecule has 2 N–H and O–H groups in total. The summed E-state index contributed by atoms with van der Waals surface area (Å²) in [5, 5.41) is 5.62. The summed E-state index contributed by atoms with van der Waals surface area (Å²) in [6.07, 6.45) is 2.05. The molecule has 26 heavy (non-hydrogen) atoms. The van der Waals surface area contributed by atoms with E-state index >= 15 is 0 Å². The number of hydrogen-bond donors (Lipinski definition) is 2. The van der Waals surface area contributed by atoms with Gasteiger partial charge in [-0.05, 0) is 31.9 Å². The number of aromatic nitrogens is 1. The molecule has 1 aromatic rings. The zero-order chi connectivity index (χ0) is 19.1. The van der Waals surface area contributed by atoms with E-state index in [9.17, 15) is 9.59 Å². The predicted molar refractivity (Wildman–Crippen MR) is 101 cm³/mol. The number of hydrogen-bond acceptors (Lipinski definition) is 5. The molecule has 2 heterocycles. The van der Waals surface area contributed by atoms with Crippen LogP contribution in [0.3, 0.4) is 0 Å². The van der Waals surface area contributed by atoms with Crippen molar-refractivity contribution in [1.82, 2.24) is 15.2 Å². The Morgan fingerprint density at radius 1 is 1.27 bits per heavy atom. The fourth-order valence-corrected chi connectivity index (χ4v) is 3.38. The molecule has 1 aliphatic rings. The standard InChI is InChI=1S/C19H30N4O3/c1-13(2)18(23-11-14(3)26-15(4)12-23)19(25)21-10-8-17(24)22-16-7-5-6-9-20-16/h5-7,9,13-15,18H,8,10-12H2,1-4H3,(H,21,25)(H,20,22,24)/t14-,15+,18-/m1/s1. The molecule has 3 atom stereocenters. The van der Waals surface area contributed by atoms with E-state index in [0.717, 1.165) is 13.1 Å². The van der Waals surface area contributed by atoms with Crippen LogP contribution in [0.1, 0.15) is 34.1 Å². The molecule has 1 saturated heterocycles. The number of nitrogens with one attached hydrogen (secondary N) is 2. The molecule has 2 rings (SSSR count). The molecule has 7 nitrogen and oxygen atoms in total. The number of carbonyl (C=O) groups excluding carboxylic acids is 2. The van der Waals surface area contributed by atoms with E-state index in [4.69, 9.17) is 4.74 Å². The van der Waals surface area contributed by atoms with Crippen LogP contribution in [0.15, 0.2) is 24.4 Å². The lowest BCUT2D eigenvalue weighted by atomic mass is 9.99. The second-order valence-corrected chi connectivity index (χ2v) is 7.20. The zero-order valence-corrected chi connectivity index (χ0v) is 16.1. The van der Waals surface area contributed by atoms with Crippen molar-refractivity contribution in [2.45, 2.75) is 52.4 Å². The van der Waals surface area contributed by atoms with Crippen LogP contribution in [0, 0.1) is 5.92 Å². The summed E-state index contributed by atoms with van der Waals surface area (Å²) in [4.78, 5) is 30.9. The molecule has 0 radical (unpaired) electrons. The van der Waals surface area contributed by atoms with Crippen LogP contribution in [-0.2, 0) is 14.3 Å². The minimum Gasteiger partial charge on any atom is -0.373 e. The lowest BCUT2D eigenvalue weighted by Gasteiger charge is -2.41. The van der Waals surface area contributed by atoms with Crippen molar-refractivity contribution in [2.75, 3.05) is 25.0 Å². The summed E-state index contributed by atoms with van der Waals surface area (Å²) in [5.74, 6) is 0.487. The van der Waals surface area contributed by atoms with Crippen molar-refractivity contribution >= 4 is 17.6 Å². The molecule has 0 aromatic carbocycles. The number of ether oxygens (including phenoxy) is 1. The van der Waals surface area contributed by atoms with Gasteiger partial charge in [0.15, 0.2) is 0 Å². The first-order chi connectivity index (χ1) is 12.4. The summed E-state index contributed by atoms with van der Waals surface area (Å²) in [6, 6.07) is 5.10. The van der Waals surface area contributed by atoms with E-state index in [-0.39, 0.29) is 42.4 Å². The van der Waals surface area contributed by atoms with Crippen molar-refractivity contribution in [3.05, 3.63) is 24.4 Å². The number of nitrogens with zero attached hydrogens (tertiary/aromatic N) is 2. The molecule has 1 aliphatic heterocycles. The largest absolute Gasteiger partial charge is 0.373 e. The molecule has 0 saturated carbocycles. The molecule has 1 fully saturated rings. The smallest absolute Gasteiger partial charge is 0.237 e. The van der Waals surface area contributed by atoms with Crippen molar-refractivity contribution in [1.29, 1.82) is 0 Å². The normalized spacial score (nSPS) is 22.0. The summed E-state index contributed by atoms with van der Waals surface area (Å²) >= 11 is 0. The highest BCUT2D eigenvalue weighted by molar-refractivity contribution is 5.90. The Morgan fingerprint density at radius 3 is 2.54 bits per heavy atom. The van der Waals surface area contributed by atoms with Gasteiger partial charge in [-0.25, -0.2) is 4.98 Å². The maximum absolute atomic E-state index is 12.7. The quantitative estimate of drug-likeness (QED) is 0.771. The van der Waals surface area contributed by atoms with E-state index in [2.05, 4.69) is 20.5 Å². The fraction of sp³-hybridized carbons (Fsp3) is 0.632. The third kappa shape index (κ3) is 6.07. The molecule has 1 aromatic heterocycles. The van der Waals surface area contributed by atoms with Crippen molar-refractivity contribution in [3.63, 3.8) is 0 Å². The van der Waals surface area contributed by atoms with Gasteiger partial charge < -0.3 is 15.4 Å². The molecular weight excluding hydrogens is 332 g/mol. The molecule has 0 aliphatic carbocycles. The van der Waals surface area contributed by atoms with Gasteiger partial charge in [0.05, 0.1) is 18.2 Å². The Labute approximate surface area is 155 Å². The van der Waals surface area contributed by atoms with Gasteiger partial charge >= 0.3 is 0 Å².